The van der Waals surface area contributed by atoms with Crippen LogP contribution in [-0.2, 0) is 6.61 Å². The predicted octanol–water partition coefficient (Wildman–Crippen LogP) is 4.82. The third-order valence-electron chi connectivity index (χ3n) is 3.62. The van der Waals surface area contributed by atoms with Gasteiger partial charge in [0, 0.05) is 6.20 Å². The van der Waals surface area contributed by atoms with E-state index in [4.69, 9.17) is 16.3 Å². The standard InChI is InChI=1S/C20H14ClFIN3O2/c21-19-16(5-2-8-24-19)20(27)26-25-11-13-6-7-18(17(23)10-13)28-12-14-3-1-4-15(22)9-14/h1-11H,12H2,(H,26,27). The number of carbonyl (C=O) groups is 1. The number of ether oxygens (including phenoxy) is 1. The molecule has 28 heavy (non-hydrogen) atoms. The van der Waals surface area contributed by atoms with E-state index in [1.807, 2.05) is 6.07 Å². The number of nitrogens with one attached hydrogen (secondary N) is 1. The Bertz CT molecular complexity index is 1030. The van der Waals surface area contributed by atoms with Crippen molar-refractivity contribution in [2.24, 2.45) is 5.10 Å². The topological polar surface area (TPSA) is 63.6 Å². The third kappa shape index (κ3) is 5.49. The third-order valence-corrected chi connectivity index (χ3v) is 4.77. The average molecular weight is 510 g/mol. The van der Waals surface area contributed by atoms with Gasteiger partial charge in [0.15, 0.2) is 0 Å². The summed E-state index contributed by atoms with van der Waals surface area (Å²) in [4.78, 5) is 15.9. The molecule has 0 atom stereocenters. The van der Waals surface area contributed by atoms with E-state index in [0.29, 0.717) is 5.75 Å². The maximum absolute atomic E-state index is 13.2. The first-order valence-electron chi connectivity index (χ1n) is 8.13. The molecule has 3 aromatic rings. The summed E-state index contributed by atoms with van der Waals surface area (Å²) in [5, 5.41) is 4.05. The molecule has 8 heteroatoms. The molecule has 3 rings (SSSR count). The van der Waals surface area contributed by atoms with Crippen molar-refractivity contribution < 1.29 is 13.9 Å². The number of hydrogen-bond donors (Lipinski definition) is 1. The normalized spacial score (nSPS) is 10.8. The van der Waals surface area contributed by atoms with E-state index < -0.39 is 5.91 Å². The lowest BCUT2D eigenvalue weighted by molar-refractivity contribution is 0.0955. The summed E-state index contributed by atoms with van der Waals surface area (Å²) < 4.78 is 19.8. The van der Waals surface area contributed by atoms with Crippen molar-refractivity contribution in [3.8, 4) is 5.75 Å². The Morgan fingerprint density at radius 2 is 2.11 bits per heavy atom. The molecule has 0 bridgehead atoms. The van der Waals surface area contributed by atoms with Gasteiger partial charge in [0.25, 0.3) is 5.91 Å². The summed E-state index contributed by atoms with van der Waals surface area (Å²) >= 11 is 8.02. The molecule has 0 aliphatic carbocycles. The van der Waals surface area contributed by atoms with Crippen LogP contribution < -0.4 is 10.2 Å². The second-order valence-corrected chi connectivity index (χ2v) is 7.17. The lowest BCUT2D eigenvalue weighted by Gasteiger charge is -2.09. The van der Waals surface area contributed by atoms with E-state index >= 15 is 0 Å². The monoisotopic (exact) mass is 509 g/mol. The Morgan fingerprint density at radius 1 is 1.25 bits per heavy atom. The van der Waals surface area contributed by atoms with Crippen LogP contribution >= 0.6 is 34.2 Å². The van der Waals surface area contributed by atoms with Gasteiger partial charge in [-0.25, -0.2) is 14.8 Å². The molecular weight excluding hydrogens is 496 g/mol. The summed E-state index contributed by atoms with van der Waals surface area (Å²) in [6.45, 7) is 0.267. The summed E-state index contributed by atoms with van der Waals surface area (Å²) in [5.74, 6) is -0.0655. The second-order valence-electron chi connectivity index (χ2n) is 5.65. The predicted molar refractivity (Wildman–Crippen MR) is 114 cm³/mol. The Kier molecular flexibility index (Phi) is 6.94. The highest BCUT2D eigenvalue weighted by Gasteiger charge is 2.09. The number of halogens is 3. The molecule has 1 N–H and O–H groups in total. The van der Waals surface area contributed by atoms with Gasteiger partial charge in [-0.05, 0) is 76.2 Å². The van der Waals surface area contributed by atoms with E-state index in [1.54, 1.807) is 36.4 Å². The molecule has 0 unspecified atom stereocenters. The summed E-state index contributed by atoms with van der Waals surface area (Å²) in [5.41, 5.74) is 4.18. The molecule has 0 saturated heterocycles. The second kappa shape index (κ2) is 9.61. The highest BCUT2D eigenvalue weighted by atomic mass is 127. The highest BCUT2D eigenvalue weighted by molar-refractivity contribution is 14.1. The van der Waals surface area contributed by atoms with Crippen molar-refractivity contribution in [2.75, 3.05) is 0 Å². The Hall–Kier alpha value is -2.52. The smallest absolute Gasteiger partial charge is 0.274 e. The molecule has 1 aromatic heterocycles. The largest absolute Gasteiger partial charge is 0.488 e. The van der Waals surface area contributed by atoms with Crippen LogP contribution in [-0.4, -0.2) is 17.1 Å². The molecule has 2 aromatic carbocycles. The van der Waals surface area contributed by atoms with Gasteiger partial charge in [0.05, 0.1) is 15.3 Å². The van der Waals surface area contributed by atoms with Crippen LogP contribution in [0.4, 0.5) is 4.39 Å². The first kappa shape index (κ1) is 20.2. The molecule has 0 saturated carbocycles. The van der Waals surface area contributed by atoms with Crippen LogP contribution in [0.15, 0.2) is 65.9 Å². The minimum atomic E-state index is -0.445. The number of carbonyl (C=O) groups excluding carboxylic acids is 1. The van der Waals surface area contributed by atoms with Crippen LogP contribution in [0.1, 0.15) is 21.5 Å². The number of aromatic nitrogens is 1. The molecule has 0 aliphatic rings. The quantitative estimate of drug-likeness (QED) is 0.224. The number of amides is 1. The number of hydrogen-bond acceptors (Lipinski definition) is 4. The van der Waals surface area contributed by atoms with E-state index in [2.05, 4.69) is 38.1 Å². The first-order valence-corrected chi connectivity index (χ1v) is 9.59. The van der Waals surface area contributed by atoms with E-state index in [1.165, 1.54) is 24.5 Å². The fourth-order valence-electron chi connectivity index (χ4n) is 2.28. The van der Waals surface area contributed by atoms with Crippen molar-refractivity contribution >= 4 is 46.3 Å². The molecule has 0 radical (unpaired) electrons. The summed E-state index contributed by atoms with van der Waals surface area (Å²) in [6, 6.07) is 14.9. The van der Waals surface area contributed by atoms with Gasteiger partial charge < -0.3 is 4.74 Å². The van der Waals surface area contributed by atoms with Crippen molar-refractivity contribution in [3.63, 3.8) is 0 Å². The molecule has 1 heterocycles. The Labute approximate surface area is 179 Å². The molecule has 5 nitrogen and oxygen atoms in total. The number of hydrazone groups is 1. The first-order chi connectivity index (χ1) is 13.5. The fraction of sp³-hybridized carbons (Fsp3) is 0.0500. The molecule has 1 amide bonds. The summed E-state index contributed by atoms with van der Waals surface area (Å²) in [7, 11) is 0. The van der Waals surface area contributed by atoms with E-state index in [0.717, 1.165) is 14.7 Å². The molecule has 142 valence electrons. The van der Waals surface area contributed by atoms with Gasteiger partial charge in [-0.3, -0.25) is 4.79 Å². The Morgan fingerprint density at radius 3 is 2.86 bits per heavy atom. The maximum atomic E-state index is 13.2. The zero-order valence-corrected chi connectivity index (χ0v) is 17.3. The molecular formula is C20H14ClFIN3O2. The van der Waals surface area contributed by atoms with Crippen LogP contribution in [0.5, 0.6) is 5.75 Å². The van der Waals surface area contributed by atoms with Gasteiger partial charge in [-0.1, -0.05) is 23.7 Å². The van der Waals surface area contributed by atoms with E-state index in [-0.39, 0.29) is 23.1 Å². The number of rotatable bonds is 6. The van der Waals surface area contributed by atoms with Crippen molar-refractivity contribution in [2.45, 2.75) is 6.61 Å². The minimum absolute atomic E-state index is 0.115. The van der Waals surface area contributed by atoms with Crippen LogP contribution in [0.2, 0.25) is 5.15 Å². The van der Waals surface area contributed by atoms with Crippen LogP contribution in [0, 0.1) is 9.39 Å². The van der Waals surface area contributed by atoms with Gasteiger partial charge in [-0.15, -0.1) is 0 Å². The zero-order valence-electron chi connectivity index (χ0n) is 14.4. The van der Waals surface area contributed by atoms with Crippen LogP contribution in [0.25, 0.3) is 0 Å². The minimum Gasteiger partial charge on any atom is -0.488 e. The van der Waals surface area contributed by atoms with Crippen LogP contribution in [0.3, 0.4) is 0 Å². The zero-order chi connectivity index (χ0) is 19.9. The molecule has 0 spiro atoms. The number of nitrogens with zero attached hydrogens (tertiary/aromatic N) is 2. The highest BCUT2D eigenvalue weighted by Crippen LogP contribution is 2.23. The lowest BCUT2D eigenvalue weighted by atomic mass is 10.2. The maximum Gasteiger partial charge on any atom is 0.274 e. The number of benzene rings is 2. The van der Waals surface area contributed by atoms with Crippen molar-refractivity contribution in [1.82, 2.24) is 10.4 Å². The van der Waals surface area contributed by atoms with Gasteiger partial charge >= 0.3 is 0 Å². The SMILES string of the molecule is O=C(NN=Cc1ccc(OCc2cccc(F)c2)c(I)c1)c1cccnc1Cl. The van der Waals surface area contributed by atoms with Crippen molar-refractivity contribution in [1.29, 1.82) is 0 Å². The summed E-state index contributed by atoms with van der Waals surface area (Å²) in [6.07, 6.45) is 3.02. The lowest BCUT2D eigenvalue weighted by Crippen LogP contribution is -2.18. The van der Waals surface area contributed by atoms with E-state index in [9.17, 15) is 9.18 Å². The fourth-order valence-corrected chi connectivity index (χ4v) is 3.18. The Balaban J connectivity index is 1.60. The molecule has 0 fully saturated rings. The van der Waals surface area contributed by atoms with Gasteiger partial charge in [-0.2, -0.15) is 5.10 Å². The van der Waals surface area contributed by atoms with Gasteiger partial charge in [0.2, 0.25) is 0 Å². The average Bonchev–Trinajstić information content (AvgIpc) is 2.67. The number of pyridine rings is 1. The van der Waals surface area contributed by atoms with Crippen molar-refractivity contribution in [3.05, 3.63) is 92.0 Å². The van der Waals surface area contributed by atoms with Gasteiger partial charge in [0.1, 0.15) is 23.3 Å². The molecule has 0 aliphatic heterocycles.